The molecule has 0 aromatic rings. The molecule has 1 saturated heterocycles. The molecule has 2 aliphatic rings. The third-order valence-corrected chi connectivity index (χ3v) is 7.70. The Morgan fingerprint density at radius 3 is 2.27 bits per heavy atom. The van der Waals surface area contributed by atoms with Gasteiger partial charge >= 0.3 is 12.1 Å². The van der Waals surface area contributed by atoms with Crippen molar-refractivity contribution in [1.29, 1.82) is 0 Å². The van der Waals surface area contributed by atoms with Crippen molar-refractivity contribution in [3.8, 4) is 0 Å². The van der Waals surface area contributed by atoms with Crippen LogP contribution in [0.4, 0.5) is 13.6 Å². The second-order valence-electron chi connectivity index (χ2n) is 12.3. The number of methoxy groups -OCH3 is 1. The Bertz CT molecular complexity index is 977. The number of nitrogens with zero attached hydrogens (tertiary/aromatic N) is 1. The summed E-state index contributed by atoms with van der Waals surface area (Å²) >= 11 is 0. The van der Waals surface area contributed by atoms with Gasteiger partial charge in [-0.15, -0.1) is 13.2 Å². The van der Waals surface area contributed by atoms with Gasteiger partial charge < -0.3 is 25.0 Å². The van der Waals surface area contributed by atoms with Crippen LogP contribution in [0.25, 0.3) is 0 Å². The molecule has 1 aliphatic carbocycles. The number of hydrogen-bond acceptors (Lipinski definition) is 6. The molecule has 11 heteroatoms. The van der Waals surface area contributed by atoms with Gasteiger partial charge in [0.05, 0.1) is 7.11 Å². The monoisotopic (exact) mass is 569 g/mol. The van der Waals surface area contributed by atoms with Crippen molar-refractivity contribution in [3.05, 3.63) is 25.3 Å². The lowest BCUT2D eigenvalue weighted by atomic mass is 9.98. The minimum Gasteiger partial charge on any atom is -0.467 e. The summed E-state index contributed by atoms with van der Waals surface area (Å²) in [7, 11) is 1.21. The average molecular weight is 570 g/mol. The van der Waals surface area contributed by atoms with E-state index >= 15 is 0 Å². The quantitative estimate of drug-likeness (QED) is 0.237. The van der Waals surface area contributed by atoms with Crippen LogP contribution in [0.3, 0.4) is 0 Å². The molecule has 0 spiro atoms. The molecule has 2 N–H and O–H groups in total. The molecule has 40 heavy (non-hydrogen) atoms. The van der Waals surface area contributed by atoms with Gasteiger partial charge in [-0.3, -0.25) is 9.59 Å². The first-order chi connectivity index (χ1) is 18.5. The van der Waals surface area contributed by atoms with E-state index in [1.807, 2.05) is 13.8 Å². The molecule has 0 aromatic heterocycles. The number of carbonyl (C=O) groups is 4. The van der Waals surface area contributed by atoms with Crippen LogP contribution >= 0.6 is 0 Å². The van der Waals surface area contributed by atoms with Crippen molar-refractivity contribution < 1.29 is 37.4 Å². The molecule has 3 amide bonds. The van der Waals surface area contributed by atoms with E-state index in [1.165, 1.54) is 24.2 Å². The Balaban J connectivity index is 2.26. The summed E-state index contributed by atoms with van der Waals surface area (Å²) in [5, 5.41) is 5.23. The first-order valence-electron chi connectivity index (χ1n) is 13.8. The van der Waals surface area contributed by atoms with Crippen molar-refractivity contribution in [2.24, 2.45) is 17.3 Å². The van der Waals surface area contributed by atoms with Crippen molar-refractivity contribution in [2.45, 2.75) is 103 Å². The lowest BCUT2D eigenvalue weighted by Crippen LogP contribution is -2.57. The molecule has 0 bridgehead atoms. The summed E-state index contributed by atoms with van der Waals surface area (Å²) < 4.78 is 38.7. The van der Waals surface area contributed by atoms with Crippen LogP contribution in [-0.2, 0) is 23.9 Å². The number of amides is 3. The van der Waals surface area contributed by atoms with E-state index in [2.05, 4.69) is 23.8 Å². The molecule has 9 nitrogen and oxygen atoms in total. The van der Waals surface area contributed by atoms with Gasteiger partial charge in [-0.05, 0) is 63.7 Å². The molecule has 2 fully saturated rings. The Kier molecular flexibility index (Phi) is 10.9. The highest BCUT2D eigenvalue weighted by molar-refractivity contribution is 5.94. The number of alkyl halides is 2. The number of carbonyl (C=O) groups excluding carboxylic acids is 4. The Morgan fingerprint density at radius 1 is 1.07 bits per heavy atom. The number of ether oxygens (including phenoxy) is 2. The fourth-order valence-electron chi connectivity index (χ4n) is 5.50. The summed E-state index contributed by atoms with van der Waals surface area (Å²) in [5.74, 6) is -4.78. The SMILES string of the molecule is C=CCCC(F)(F)CCC[C@H](NC(=O)OC(C)(C)C)C(=O)N1C[C@H]2[C@@H]([C@H]1C(=O)N[C@@H](CC=C)C(=O)OC)C2(C)C. The molecule has 0 radical (unpaired) electrons. The Labute approximate surface area is 236 Å². The van der Waals surface area contributed by atoms with Gasteiger partial charge in [0.25, 0.3) is 0 Å². The van der Waals surface area contributed by atoms with Gasteiger partial charge in [-0.2, -0.15) is 0 Å². The summed E-state index contributed by atoms with van der Waals surface area (Å²) in [5.41, 5.74) is -1.05. The zero-order valence-corrected chi connectivity index (χ0v) is 24.6. The molecule has 226 valence electrons. The number of nitrogens with one attached hydrogen (secondary N) is 2. The minimum absolute atomic E-state index is 0.0357. The fourth-order valence-corrected chi connectivity index (χ4v) is 5.50. The van der Waals surface area contributed by atoms with Gasteiger partial charge in [0.1, 0.15) is 23.7 Å². The number of rotatable bonds is 14. The second kappa shape index (κ2) is 13.1. The van der Waals surface area contributed by atoms with E-state index in [4.69, 9.17) is 9.47 Å². The number of likely N-dealkylation sites (tertiary alicyclic amines) is 1. The van der Waals surface area contributed by atoms with E-state index in [0.29, 0.717) is 0 Å². The zero-order chi connectivity index (χ0) is 30.5. The van der Waals surface area contributed by atoms with E-state index < -0.39 is 59.9 Å². The molecule has 0 unspecified atom stereocenters. The second-order valence-corrected chi connectivity index (χ2v) is 12.3. The van der Waals surface area contributed by atoms with E-state index in [0.717, 1.165) is 0 Å². The number of alkyl carbamates (subject to hydrolysis) is 1. The van der Waals surface area contributed by atoms with Crippen LogP contribution in [-0.4, -0.2) is 72.1 Å². The molecule has 1 saturated carbocycles. The lowest BCUT2D eigenvalue weighted by Gasteiger charge is -2.34. The van der Waals surface area contributed by atoms with Crippen LogP contribution in [0, 0.1) is 17.3 Å². The van der Waals surface area contributed by atoms with Crippen molar-refractivity contribution >= 4 is 23.9 Å². The summed E-state index contributed by atoms with van der Waals surface area (Å²) in [6, 6.07) is -3.05. The largest absolute Gasteiger partial charge is 0.467 e. The smallest absolute Gasteiger partial charge is 0.408 e. The van der Waals surface area contributed by atoms with Crippen molar-refractivity contribution in [1.82, 2.24) is 15.5 Å². The summed E-state index contributed by atoms with van der Waals surface area (Å²) in [4.78, 5) is 53.5. The Hall–Kier alpha value is -2.98. The molecule has 2 rings (SSSR count). The van der Waals surface area contributed by atoms with Crippen LogP contribution in [0.5, 0.6) is 0 Å². The van der Waals surface area contributed by atoms with Crippen LogP contribution in [0.1, 0.15) is 73.1 Å². The molecular weight excluding hydrogens is 524 g/mol. The summed E-state index contributed by atoms with van der Waals surface area (Å²) in [6.45, 7) is 16.4. The maximum absolute atomic E-state index is 14.3. The third kappa shape index (κ3) is 8.51. The molecular formula is C29H45F2N3O6. The van der Waals surface area contributed by atoms with E-state index in [9.17, 15) is 28.0 Å². The normalized spacial score (nSPS) is 22.8. The predicted molar refractivity (Wildman–Crippen MR) is 146 cm³/mol. The number of halogens is 2. The molecule has 0 aromatic carbocycles. The molecule has 1 heterocycles. The van der Waals surface area contributed by atoms with Gasteiger partial charge in [0, 0.05) is 19.4 Å². The number of hydrogen-bond donors (Lipinski definition) is 2. The van der Waals surface area contributed by atoms with Gasteiger partial charge in [-0.1, -0.05) is 26.0 Å². The van der Waals surface area contributed by atoms with Crippen LogP contribution in [0.2, 0.25) is 0 Å². The van der Waals surface area contributed by atoms with Gasteiger partial charge in [0.15, 0.2) is 0 Å². The number of piperidine rings is 1. The van der Waals surface area contributed by atoms with Crippen LogP contribution < -0.4 is 10.6 Å². The highest BCUT2D eigenvalue weighted by Crippen LogP contribution is 2.65. The predicted octanol–water partition coefficient (Wildman–Crippen LogP) is 4.37. The first kappa shape index (κ1) is 33.2. The third-order valence-electron chi connectivity index (χ3n) is 7.70. The molecule has 5 atom stereocenters. The zero-order valence-electron chi connectivity index (χ0n) is 24.6. The lowest BCUT2D eigenvalue weighted by molar-refractivity contribution is -0.147. The highest BCUT2D eigenvalue weighted by Gasteiger charge is 2.69. The first-order valence-corrected chi connectivity index (χ1v) is 13.8. The van der Waals surface area contributed by atoms with E-state index in [-0.39, 0.29) is 55.9 Å². The average Bonchev–Trinajstić information content (AvgIpc) is 3.16. The minimum atomic E-state index is -2.94. The number of fused-ring (bicyclic) bond motifs is 1. The number of esters is 1. The van der Waals surface area contributed by atoms with Crippen molar-refractivity contribution in [3.63, 3.8) is 0 Å². The Morgan fingerprint density at radius 2 is 1.73 bits per heavy atom. The maximum atomic E-state index is 14.3. The number of allylic oxidation sites excluding steroid dienone is 1. The topological polar surface area (TPSA) is 114 Å². The fraction of sp³-hybridized carbons (Fsp3) is 0.724. The summed E-state index contributed by atoms with van der Waals surface area (Å²) in [6.07, 6.45) is 1.43. The maximum Gasteiger partial charge on any atom is 0.408 e. The van der Waals surface area contributed by atoms with Gasteiger partial charge in [-0.25, -0.2) is 18.4 Å². The molecule has 1 aliphatic heterocycles. The highest BCUT2D eigenvalue weighted by atomic mass is 19.3. The van der Waals surface area contributed by atoms with Crippen LogP contribution in [0.15, 0.2) is 25.3 Å². The van der Waals surface area contributed by atoms with E-state index in [1.54, 1.807) is 20.8 Å². The van der Waals surface area contributed by atoms with Gasteiger partial charge in [0.2, 0.25) is 17.7 Å². The van der Waals surface area contributed by atoms with Crippen molar-refractivity contribution in [2.75, 3.05) is 13.7 Å². The standard InChI is InChI=1S/C29H45F2N3O6/c1-9-11-15-29(30,31)16-12-14-19(33-26(38)40-27(3,4)5)24(36)34-17-18-21(28(18,6)7)22(34)23(35)32-20(13-10-2)25(37)39-8/h9-10,18-22H,1-2,11-17H2,3-8H3,(H,32,35)(H,33,38)/t18-,19-,20-,21-,22-/m0/s1.